The molecule has 0 amide bonds. The van der Waals surface area contributed by atoms with E-state index in [9.17, 15) is 15.2 Å². The zero-order chi connectivity index (χ0) is 21.8. The Bertz CT molecular complexity index is 1200. The largest absolute Gasteiger partial charge is 0.493 e. The number of azo groups is 1. The van der Waals surface area contributed by atoms with Crippen LogP contribution < -0.4 is 5.56 Å². The number of pyridine rings is 1. The molecule has 0 bridgehead atoms. The van der Waals surface area contributed by atoms with Gasteiger partial charge in [-0.25, -0.2) is 0 Å². The van der Waals surface area contributed by atoms with E-state index in [1.54, 1.807) is 6.92 Å². The van der Waals surface area contributed by atoms with E-state index in [0.29, 0.717) is 11.3 Å². The molecule has 1 fully saturated rings. The van der Waals surface area contributed by atoms with Crippen LogP contribution in [-0.2, 0) is 0 Å². The van der Waals surface area contributed by atoms with Gasteiger partial charge in [0.1, 0.15) is 11.6 Å². The Kier molecular flexibility index (Phi) is 5.94. The van der Waals surface area contributed by atoms with Crippen molar-refractivity contribution in [1.82, 2.24) is 4.57 Å². The molecule has 1 aromatic heterocycles. The topological polar surface area (TPSA) is 90.7 Å². The quantitative estimate of drug-likeness (QED) is 0.508. The number of aromatic nitrogens is 1. The van der Waals surface area contributed by atoms with E-state index in [0.717, 1.165) is 43.2 Å². The highest BCUT2D eigenvalue weighted by atomic mass is 16.3. The molecule has 0 aliphatic heterocycles. The molecule has 31 heavy (non-hydrogen) atoms. The van der Waals surface area contributed by atoms with E-state index in [1.807, 2.05) is 60.7 Å². The average molecular weight is 412 g/mol. The Morgan fingerprint density at radius 2 is 1.61 bits per heavy atom. The molecule has 2 aromatic carbocycles. The summed E-state index contributed by atoms with van der Waals surface area (Å²) in [5.74, 6) is -0.261. The molecular weight excluding hydrogens is 388 g/mol. The molecule has 1 aliphatic rings. The van der Waals surface area contributed by atoms with Crippen molar-refractivity contribution in [3.63, 3.8) is 0 Å². The lowest BCUT2D eigenvalue weighted by molar-refractivity contribution is 0.303. The van der Waals surface area contributed by atoms with E-state index in [-0.39, 0.29) is 23.2 Å². The van der Waals surface area contributed by atoms with Crippen LogP contribution in [0.1, 0.15) is 49.3 Å². The summed E-state index contributed by atoms with van der Waals surface area (Å²) in [6.07, 6.45) is 4.72. The fourth-order valence-electron chi connectivity index (χ4n) is 4.17. The van der Waals surface area contributed by atoms with Crippen LogP contribution in [0.3, 0.4) is 0 Å². The first-order valence-corrected chi connectivity index (χ1v) is 10.6. The van der Waals surface area contributed by atoms with Crippen LogP contribution in [0.15, 0.2) is 69.6 Å². The van der Waals surface area contributed by atoms with Gasteiger partial charge in [-0.3, -0.25) is 9.36 Å². The van der Waals surface area contributed by atoms with Crippen molar-refractivity contribution in [3.05, 3.63) is 76.1 Å². The van der Waals surface area contributed by atoms with Gasteiger partial charge in [0.2, 0.25) is 5.88 Å². The zero-order valence-electron chi connectivity index (χ0n) is 17.5. The molecule has 1 aliphatic carbocycles. The molecule has 0 spiro atoms. The predicted octanol–water partition coefficient (Wildman–Crippen LogP) is 6.32. The first-order valence-electron chi connectivity index (χ1n) is 10.6. The SMILES string of the molecule is Cc1c(C#N)c(O)n(C2CCCCC2)c(=O)c1N=Nc1ccc(-c2ccccc2)cc1. The van der Waals surface area contributed by atoms with Gasteiger partial charge in [-0.2, -0.15) is 10.4 Å². The number of rotatable bonds is 4. The second-order valence-electron chi connectivity index (χ2n) is 7.86. The lowest BCUT2D eigenvalue weighted by Crippen LogP contribution is -2.27. The van der Waals surface area contributed by atoms with Gasteiger partial charge in [-0.1, -0.05) is 61.7 Å². The molecule has 0 unspecified atom stereocenters. The van der Waals surface area contributed by atoms with Gasteiger partial charge in [0.05, 0.1) is 5.69 Å². The van der Waals surface area contributed by atoms with Crippen LogP contribution in [0, 0.1) is 18.3 Å². The average Bonchev–Trinajstić information content (AvgIpc) is 2.81. The van der Waals surface area contributed by atoms with Gasteiger partial charge < -0.3 is 5.11 Å². The highest BCUT2D eigenvalue weighted by Gasteiger charge is 2.25. The molecule has 6 heteroatoms. The number of aromatic hydroxyl groups is 1. The number of hydrogen-bond acceptors (Lipinski definition) is 5. The molecule has 1 heterocycles. The third kappa shape index (κ3) is 4.13. The van der Waals surface area contributed by atoms with Gasteiger partial charge in [0.25, 0.3) is 5.56 Å². The first kappa shape index (κ1) is 20.5. The molecule has 0 radical (unpaired) electrons. The Hall–Kier alpha value is -3.72. The van der Waals surface area contributed by atoms with Crippen molar-refractivity contribution >= 4 is 11.4 Å². The standard InChI is InChI=1S/C25H24N4O2/c1-17-22(16-26)24(30)29(21-10-6-3-7-11-21)25(31)23(17)28-27-20-14-12-19(13-15-20)18-8-4-2-5-9-18/h2,4-5,8-9,12-15,21,30H,3,6-7,10-11H2,1H3. The molecule has 4 rings (SSSR count). The molecule has 0 atom stereocenters. The molecule has 156 valence electrons. The van der Waals surface area contributed by atoms with E-state index >= 15 is 0 Å². The van der Waals surface area contributed by atoms with Gasteiger partial charge in [-0.05, 0) is 43.0 Å². The molecule has 6 nitrogen and oxygen atoms in total. The molecule has 1 saturated carbocycles. The Morgan fingerprint density at radius 3 is 2.26 bits per heavy atom. The van der Waals surface area contributed by atoms with Crippen molar-refractivity contribution in [2.24, 2.45) is 10.2 Å². The van der Waals surface area contributed by atoms with Gasteiger partial charge in [0.15, 0.2) is 5.69 Å². The number of benzene rings is 2. The van der Waals surface area contributed by atoms with E-state index in [2.05, 4.69) is 10.2 Å². The van der Waals surface area contributed by atoms with Crippen LogP contribution >= 0.6 is 0 Å². The van der Waals surface area contributed by atoms with Crippen molar-refractivity contribution in [2.45, 2.75) is 45.1 Å². The number of nitrogens with zero attached hydrogens (tertiary/aromatic N) is 4. The maximum atomic E-state index is 13.2. The Balaban J connectivity index is 1.70. The summed E-state index contributed by atoms with van der Waals surface area (Å²) < 4.78 is 1.34. The second kappa shape index (κ2) is 8.97. The predicted molar refractivity (Wildman–Crippen MR) is 120 cm³/mol. The third-order valence-electron chi connectivity index (χ3n) is 5.89. The fraction of sp³-hybridized carbons (Fsp3) is 0.280. The minimum Gasteiger partial charge on any atom is -0.493 e. The Morgan fingerprint density at radius 1 is 0.968 bits per heavy atom. The normalized spacial score (nSPS) is 14.6. The van der Waals surface area contributed by atoms with Crippen LogP contribution in [0.5, 0.6) is 5.88 Å². The van der Waals surface area contributed by atoms with Crippen molar-refractivity contribution in [2.75, 3.05) is 0 Å². The number of hydrogen-bond donors (Lipinski definition) is 1. The summed E-state index contributed by atoms with van der Waals surface area (Å²) in [5.41, 5.74) is 2.91. The van der Waals surface area contributed by atoms with Gasteiger partial charge in [0, 0.05) is 11.6 Å². The van der Waals surface area contributed by atoms with Crippen LogP contribution in [0.25, 0.3) is 11.1 Å². The summed E-state index contributed by atoms with van der Waals surface area (Å²) in [6, 6.07) is 19.5. The summed E-state index contributed by atoms with van der Waals surface area (Å²) in [5, 5.41) is 28.6. The lowest BCUT2D eigenvalue weighted by atomic mass is 9.94. The molecule has 3 aromatic rings. The van der Waals surface area contributed by atoms with Crippen molar-refractivity contribution < 1.29 is 5.11 Å². The Labute approximate surface area is 181 Å². The van der Waals surface area contributed by atoms with Crippen LogP contribution in [-0.4, -0.2) is 9.67 Å². The van der Waals surface area contributed by atoms with E-state index < -0.39 is 5.56 Å². The maximum absolute atomic E-state index is 13.2. The minimum atomic E-state index is -0.398. The monoisotopic (exact) mass is 412 g/mol. The number of nitriles is 1. The fourth-order valence-corrected chi connectivity index (χ4v) is 4.17. The van der Waals surface area contributed by atoms with Crippen molar-refractivity contribution in [1.29, 1.82) is 5.26 Å². The van der Waals surface area contributed by atoms with Gasteiger partial charge >= 0.3 is 0 Å². The molecular formula is C25H24N4O2. The minimum absolute atomic E-state index is 0.0820. The first-order chi connectivity index (χ1) is 15.1. The molecule has 0 saturated heterocycles. The second-order valence-corrected chi connectivity index (χ2v) is 7.86. The smallest absolute Gasteiger partial charge is 0.281 e. The van der Waals surface area contributed by atoms with Crippen molar-refractivity contribution in [3.8, 4) is 23.1 Å². The van der Waals surface area contributed by atoms with Gasteiger partial charge in [-0.15, -0.1) is 5.11 Å². The summed E-state index contributed by atoms with van der Waals surface area (Å²) in [4.78, 5) is 13.2. The van der Waals surface area contributed by atoms with E-state index in [1.165, 1.54) is 4.57 Å². The third-order valence-corrected chi connectivity index (χ3v) is 5.89. The lowest BCUT2D eigenvalue weighted by Gasteiger charge is -2.25. The highest BCUT2D eigenvalue weighted by Crippen LogP contribution is 2.34. The zero-order valence-corrected chi connectivity index (χ0v) is 17.5. The summed E-state index contributed by atoms with van der Waals surface area (Å²) in [7, 11) is 0. The highest BCUT2D eigenvalue weighted by molar-refractivity contribution is 5.65. The van der Waals surface area contributed by atoms with Crippen LogP contribution in [0.4, 0.5) is 11.4 Å². The summed E-state index contributed by atoms with van der Waals surface area (Å²) in [6.45, 7) is 1.62. The van der Waals surface area contributed by atoms with E-state index in [4.69, 9.17) is 0 Å². The maximum Gasteiger partial charge on any atom is 0.281 e. The van der Waals surface area contributed by atoms with Crippen LogP contribution in [0.2, 0.25) is 0 Å². The summed E-state index contributed by atoms with van der Waals surface area (Å²) >= 11 is 0. The molecule has 1 N–H and O–H groups in total.